The van der Waals surface area contributed by atoms with E-state index in [1.165, 1.54) is 0 Å². The number of aromatic amines is 1. The number of H-pyrrole nitrogens is 1. The van der Waals surface area contributed by atoms with Crippen molar-refractivity contribution < 1.29 is 4.79 Å². The molecule has 0 spiro atoms. The predicted molar refractivity (Wildman–Crippen MR) is 90.4 cm³/mol. The van der Waals surface area contributed by atoms with Gasteiger partial charge in [0.1, 0.15) is 0 Å². The monoisotopic (exact) mass is 365 g/mol. The van der Waals surface area contributed by atoms with Crippen molar-refractivity contribution in [3.05, 3.63) is 34.7 Å². The van der Waals surface area contributed by atoms with Gasteiger partial charge in [0, 0.05) is 19.1 Å². The summed E-state index contributed by atoms with van der Waals surface area (Å²) >= 11 is 3.42. The Morgan fingerprint density at radius 2 is 2.05 bits per heavy atom. The average Bonchev–Trinajstić information content (AvgIpc) is 2.89. The molecule has 3 rings (SSSR count). The zero-order valence-electron chi connectivity index (χ0n) is 12.6. The molecule has 1 fully saturated rings. The van der Waals surface area contributed by atoms with Crippen molar-refractivity contribution in [1.82, 2.24) is 14.5 Å². The van der Waals surface area contributed by atoms with Gasteiger partial charge < -0.3 is 9.88 Å². The maximum absolute atomic E-state index is 12.2. The van der Waals surface area contributed by atoms with E-state index in [1.54, 1.807) is 0 Å². The number of para-hydroxylation sites is 2. The lowest BCUT2D eigenvalue weighted by Gasteiger charge is -2.33. The van der Waals surface area contributed by atoms with Crippen LogP contribution in [0.15, 0.2) is 29.1 Å². The van der Waals surface area contributed by atoms with Gasteiger partial charge in [-0.15, -0.1) is 0 Å². The fraction of sp³-hybridized carbons (Fsp3) is 0.500. The third-order valence-electron chi connectivity index (χ3n) is 4.39. The summed E-state index contributed by atoms with van der Waals surface area (Å²) in [6, 6.07) is 7.91. The Morgan fingerprint density at radius 1 is 1.36 bits per heavy atom. The van der Waals surface area contributed by atoms with E-state index in [4.69, 9.17) is 0 Å². The number of alkyl halides is 1. The van der Waals surface area contributed by atoms with Crippen LogP contribution in [-0.2, 0) is 4.79 Å². The largest absolute Gasteiger partial charge is 0.342 e. The van der Waals surface area contributed by atoms with Gasteiger partial charge in [0.15, 0.2) is 0 Å². The van der Waals surface area contributed by atoms with Crippen molar-refractivity contribution in [2.75, 3.05) is 13.1 Å². The molecule has 1 saturated heterocycles. The molecule has 1 aromatic heterocycles. The molecular weight excluding hydrogens is 346 g/mol. The van der Waals surface area contributed by atoms with E-state index in [2.05, 4.69) is 20.9 Å². The van der Waals surface area contributed by atoms with E-state index in [9.17, 15) is 9.59 Å². The quantitative estimate of drug-likeness (QED) is 0.850. The summed E-state index contributed by atoms with van der Waals surface area (Å²) in [5, 5.41) is 0. The summed E-state index contributed by atoms with van der Waals surface area (Å²) in [6.45, 7) is 3.41. The van der Waals surface area contributed by atoms with Crippen LogP contribution < -0.4 is 5.69 Å². The number of nitrogens with one attached hydrogen (secondary N) is 1. The lowest BCUT2D eigenvalue weighted by molar-refractivity contribution is -0.131. The van der Waals surface area contributed by atoms with Crippen LogP contribution in [0.4, 0.5) is 0 Å². The maximum atomic E-state index is 12.2. The van der Waals surface area contributed by atoms with Crippen LogP contribution in [0.3, 0.4) is 0 Å². The molecule has 6 heteroatoms. The van der Waals surface area contributed by atoms with E-state index in [1.807, 2.05) is 40.7 Å². The molecule has 22 heavy (non-hydrogen) atoms. The molecular formula is C16H20BrN3O2. The second-order valence-corrected chi connectivity index (χ2v) is 6.85. The number of hydrogen-bond acceptors (Lipinski definition) is 2. The number of rotatable bonds is 3. The minimum atomic E-state index is -0.0974. The van der Waals surface area contributed by atoms with Crippen LogP contribution in [0.25, 0.3) is 11.0 Å². The fourth-order valence-corrected chi connectivity index (χ4v) is 3.44. The number of nitrogens with zero attached hydrogens (tertiary/aromatic N) is 2. The number of hydrogen-bond donors (Lipinski definition) is 1. The van der Waals surface area contributed by atoms with Crippen molar-refractivity contribution >= 4 is 32.9 Å². The molecule has 2 aromatic rings. The van der Waals surface area contributed by atoms with Crippen molar-refractivity contribution in [3.8, 4) is 0 Å². The number of aromatic nitrogens is 2. The molecule has 1 atom stereocenters. The topological polar surface area (TPSA) is 58.1 Å². The number of carbonyl (C=O) groups is 1. The molecule has 1 amide bonds. The van der Waals surface area contributed by atoms with Gasteiger partial charge in [-0.2, -0.15) is 0 Å². The van der Waals surface area contributed by atoms with Crippen LogP contribution in [0.1, 0.15) is 32.2 Å². The first kappa shape index (κ1) is 15.3. The summed E-state index contributed by atoms with van der Waals surface area (Å²) in [5.41, 5.74) is 1.76. The highest BCUT2D eigenvalue weighted by Gasteiger charge is 2.28. The number of fused-ring (bicyclic) bond motifs is 1. The normalized spacial score (nSPS) is 17.8. The molecule has 0 aliphatic carbocycles. The molecule has 1 unspecified atom stereocenters. The molecule has 0 radical (unpaired) electrons. The highest BCUT2D eigenvalue weighted by molar-refractivity contribution is 9.10. The smallest absolute Gasteiger partial charge is 0.326 e. The summed E-state index contributed by atoms with van der Waals surface area (Å²) in [7, 11) is 0. The van der Waals surface area contributed by atoms with E-state index in [-0.39, 0.29) is 22.5 Å². The maximum Gasteiger partial charge on any atom is 0.326 e. The lowest BCUT2D eigenvalue weighted by atomic mass is 10.0. The zero-order chi connectivity index (χ0) is 15.7. The molecule has 0 bridgehead atoms. The fourth-order valence-electron chi connectivity index (χ4n) is 3.15. The van der Waals surface area contributed by atoms with Crippen molar-refractivity contribution in [2.45, 2.75) is 37.1 Å². The van der Waals surface area contributed by atoms with E-state index >= 15 is 0 Å². The Balaban J connectivity index is 1.77. The molecule has 118 valence electrons. The second kappa shape index (κ2) is 6.28. The molecule has 1 aliphatic rings. The SMILES string of the molecule is CCC(Br)C(=O)N1CCC(n2c(=O)[nH]c3ccccc32)CC1. The zero-order valence-corrected chi connectivity index (χ0v) is 14.2. The number of halogens is 1. The van der Waals surface area contributed by atoms with Gasteiger partial charge in [-0.1, -0.05) is 35.0 Å². The van der Waals surface area contributed by atoms with Crippen LogP contribution in [0, 0.1) is 0 Å². The molecule has 5 nitrogen and oxygen atoms in total. The number of carbonyl (C=O) groups excluding carboxylic acids is 1. The minimum Gasteiger partial charge on any atom is -0.342 e. The number of likely N-dealkylation sites (tertiary alicyclic amines) is 1. The molecule has 1 aromatic carbocycles. The molecule has 2 heterocycles. The first-order valence-electron chi connectivity index (χ1n) is 7.74. The first-order chi connectivity index (χ1) is 10.6. The van der Waals surface area contributed by atoms with Gasteiger partial charge in [0.2, 0.25) is 5.91 Å². The predicted octanol–water partition coefficient (Wildman–Crippen LogP) is 2.67. The first-order valence-corrected chi connectivity index (χ1v) is 8.65. The van der Waals surface area contributed by atoms with E-state index in [0.29, 0.717) is 13.1 Å². The third-order valence-corrected chi connectivity index (χ3v) is 5.43. The Kier molecular flexibility index (Phi) is 4.38. The highest BCUT2D eigenvalue weighted by atomic mass is 79.9. The van der Waals surface area contributed by atoms with Crippen LogP contribution in [0.2, 0.25) is 0 Å². The molecule has 1 N–H and O–H groups in total. The van der Waals surface area contributed by atoms with Gasteiger partial charge in [-0.25, -0.2) is 4.79 Å². The second-order valence-electron chi connectivity index (χ2n) is 5.75. The average molecular weight is 366 g/mol. The minimum absolute atomic E-state index is 0.0575. The van der Waals surface area contributed by atoms with Gasteiger partial charge in [-0.3, -0.25) is 9.36 Å². The summed E-state index contributed by atoms with van der Waals surface area (Å²) < 4.78 is 1.85. The van der Waals surface area contributed by atoms with Gasteiger partial charge >= 0.3 is 5.69 Å². The highest BCUT2D eigenvalue weighted by Crippen LogP contribution is 2.25. The van der Waals surface area contributed by atoms with Crippen LogP contribution in [-0.4, -0.2) is 38.3 Å². The lowest BCUT2D eigenvalue weighted by Crippen LogP contribution is -2.43. The Bertz CT molecular complexity index is 728. The Hall–Kier alpha value is -1.56. The van der Waals surface area contributed by atoms with E-state index < -0.39 is 0 Å². The molecule has 0 saturated carbocycles. The Morgan fingerprint density at radius 3 is 2.73 bits per heavy atom. The van der Waals surface area contributed by atoms with Crippen LogP contribution in [0.5, 0.6) is 0 Å². The summed E-state index contributed by atoms with van der Waals surface area (Å²) in [4.78, 5) is 29.1. The summed E-state index contributed by atoms with van der Waals surface area (Å²) in [6.07, 6.45) is 2.43. The molecule has 1 aliphatic heterocycles. The summed E-state index contributed by atoms with van der Waals surface area (Å²) in [5.74, 6) is 0.159. The number of imidazole rings is 1. The van der Waals surface area contributed by atoms with Crippen molar-refractivity contribution in [3.63, 3.8) is 0 Å². The third kappa shape index (κ3) is 2.72. The standard InChI is InChI=1S/C16H20BrN3O2/c1-2-12(17)15(21)19-9-7-11(8-10-19)20-14-6-4-3-5-13(14)18-16(20)22/h3-6,11-12H,2,7-10H2,1H3,(H,18,22). The van der Waals surface area contributed by atoms with Gasteiger partial charge in [0.25, 0.3) is 0 Å². The van der Waals surface area contributed by atoms with Gasteiger partial charge in [-0.05, 0) is 31.4 Å². The van der Waals surface area contributed by atoms with Gasteiger partial charge in [0.05, 0.1) is 15.9 Å². The van der Waals surface area contributed by atoms with E-state index in [0.717, 1.165) is 30.3 Å². The Labute approximate surface area is 137 Å². The van der Waals surface area contributed by atoms with Crippen LogP contribution >= 0.6 is 15.9 Å². The number of amides is 1. The number of benzene rings is 1. The van der Waals surface area contributed by atoms with Crippen molar-refractivity contribution in [2.24, 2.45) is 0 Å². The van der Waals surface area contributed by atoms with Crippen molar-refractivity contribution in [1.29, 1.82) is 0 Å². The number of piperidine rings is 1.